The molecular formula is C14H18F2O3. The van der Waals surface area contributed by atoms with Crippen LogP contribution in [0.2, 0.25) is 0 Å². The highest BCUT2D eigenvalue weighted by Crippen LogP contribution is 2.35. The van der Waals surface area contributed by atoms with Gasteiger partial charge < -0.3 is 14.6 Å². The van der Waals surface area contributed by atoms with Gasteiger partial charge >= 0.3 is 6.61 Å². The lowest BCUT2D eigenvalue weighted by Gasteiger charge is -2.15. The fourth-order valence-electron chi connectivity index (χ4n) is 1.77. The Bertz CT molecular complexity index is 419. The molecule has 106 valence electrons. The average molecular weight is 272 g/mol. The largest absolute Gasteiger partial charge is 0.489 e. The van der Waals surface area contributed by atoms with Gasteiger partial charge in [-0.2, -0.15) is 8.78 Å². The summed E-state index contributed by atoms with van der Waals surface area (Å²) in [6, 6.07) is 4.58. The molecule has 5 heteroatoms. The van der Waals surface area contributed by atoms with Gasteiger partial charge in [0.25, 0.3) is 0 Å². The summed E-state index contributed by atoms with van der Waals surface area (Å²) >= 11 is 0. The van der Waals surface area contributed by atoms with E-state index in [1.54, 1.807) is 12.1 Å². The first-order valence-electron chi connectivity index (χ1n) is 6.49. The maximum Gasteiger partial charge on any atom is 0.387 e. The van der Waals surface area contributed by atoms with Crippen LogP contribution in [0.1, 0.15) is 37.9 Å². The second kappa shape index (κ2) is 6.19. The van der Waals surface area contributed by atoms with E-state index in [1.165, 1.54) is 6.07 Å². The Hall–Kier alpha value is -1.36. The van der Waals surface area contributed by atoms with Gasteiger partial charge in [0, 0.05) is 0 Å². The summed E-state index contributed by atoms with van der Waals surface area (Å²) in [5.74, 6) is 0.805. The lowest BCUT2D eigenvalue weighted by atomic mass is 10.1. The van der Waals surface area contributed by atoms with Crippen molar-refractivity contribution in [2.75, 3.05) is 6.61 Å². The molecule has 0 bridgehead atoms. The number of aliphatic hydroxyl groups is 1. The van der Waals surface area contributed by atoms with Gasteiger partial charge in [0.15, 0.2) is 11.5 Å². The molecule has 0 aliphatic heterocycles. The molecule has 19 heavy (non-hydrogen) atoms. The monoisotopic (exact) mass is 272 g/mol. The van der Waals surface area contributed by atoms with Gasteiger partial charge in [0.2, 0.25) is 0 Å². The molecule has 0 saturated heterocycles. The van der Waals surface area contributed by atoms with E-state index >= 15 is 0 Å². The van der Waals surface area contributed by atoms with E-state index in [0.29, 0.717) is 24.5 Å². The zero-order valence-corrected chi connectivity index (χ0v) is 10.8. The van der Waals surface area contributed by atoms with Crippen molar-refractivity contribution in [3.8, 4) is 11.5 Å². The maximum atomic E-state index is 12.3. The highest BCUT2D eigenvalue weighted by Gasteiger charge is 2.23. The summed E-state index contributed by atoms with van der Waals surface area (Å²) in [6.07, 6.45) is 2.16. The van der Waals surface area contributed by atoms with Gasteiger partial charge in [-0.3, -0.25) is 0 Å². The number of alkyl halides is 2. The van der Waals surface area contributed by atoms with Gasteiger partial charge in [-0.15, -0.1) is 0 Å². The number of rotatable bonds is 7. The van der Waals surface area contributed by atoms with Crippen LogP contribution in [-0.4, -0.2) is 18.3 Å². The molecule has 1 aliphatic rings. The standard InChI is InChI=1S/C14H18F2O3/c1-2-11(17)10-5-6-12(19-14(15)16)13(7-10)18-8-9-3-4-9/h5-7,9,11,14,17H,2-4,8H2,1H3. The fourth-order valence-corrected chi connectivity index (χ4v) is 1.77. The smallest absolute Gasteiger partial charge is 0.387 e. The predicted octanol–water partition coefficient (Wildman–Crippen LogP) is 3.52. The molecule has 0 spiro atoms. The highest BCUT2D eigenvalue weighted by molar-refractivity contribution is 5.43. The van der Waals surface area contributed by atoms with Crippen molar-refractivity contribution in [1.82, 2.24) is 0 Å². The summed E-state index contributed by atoms with van der Waals surface area (Å²) in [4.78, 5) is 0. The third-order valence-corrected chi connectivity index (χ3v) is 3.13. The molecule has 3 nitrogen and oxygen atoms in total. The second-order valence-electron chi connectivity index (χ2n) is 4.76. The van der Waals surface area contributed by atoms with Crippen LogP contribution in [0.3, 0.4) is 0 Å². The van der Waals surface area contributed by atoms with Crippen LogP contribution in [0.15, 0.2) is 18.2 Å². The van der Waals surface area contributed by atoms with Crippen LogP contribution < -0.4 is 9.47 Å². The van der Waals surface area contributed by atoms with Crippen LogP contribution in [0, 0.1) is 5.92 Å². The second-order valence-corrected chi connectivity index (χ2v) is 4.76. The molecule has 1 fully saturated rings. The molecular weight excluding hydrogens is 254 g/mol. The number of halogens is 2. The van der Waals surface area contributed by atoms with Crippen molar-refractivity contribution < 1.29 is 23.4 Å². The normalized spacial score (nSPS) is 16.5. The lowest BCUT2D eigenvalue weighted by Crippen LogP contribution is -2.07. The Labute approximate surface area is 111 Å². The quantitative estimate of drug-likeness (QED) is 0.825. The molecule has 1 unspecified atom stereocenters. The number of ether oxygens (including phenoxy) is 2. The topological polar surface area (TPSA) is 38.7 Å². The van der Waals surface area contributed by atoms with Gasteiger partial charge in [0.05, 0.1) is 12.7 Å². The first-order valence-corrected chi connectivity index (χ1v) is 6.49. The Balaban J connectivity index is 2.15. The lowest BCUT2D eigenvalue weighted by molar-refractivity contribution is -0.0515. The van der Waals surface area contributed by atoms with E-state index < -0.39 is 12.7 Å². The van der Waals surface area contributed by atoms with Gasteiger partial charge in [-0.1, -0.05) is 13.0 Å². The summed E-state index contributed by atoms with van der Waals surface area (Å²) in [5, 5.41) is 9.77. The summed E-state index contributed by atoms with van der Waals surface area (Å²) in [6.45, 7) is -0.533. The van der Waals surface area contributed by atoms with Crippen molar-refractivity contribution in [1.29, 1.82) is 0 Å². The molecule has 1 aliphatic carbocycles. The predicted molar refractivity (Wildman–Crippen MR) is 66.5 cm³/mol. The van der Waals surface area contributed by atoms with Crippen LogP contribution in [0.25, 0.3) is 0 Å². The Morgan fingerprint density at radius 3 is 2.63 bits per heavy atom. The van der Waals surface area contributed by atoms with E-state index in [-0.39, 0.29) is 11.5 Å². The fraction of sp³-hybridized carbons (Fsp3) is 0.571. The minimum atomic E-state index is -2.88. The van der Waals surface area contributed by atoms with Crippen LogP contribution >= 0.6 is 0 Å². The Kier molecular flexibility index (Phi) is 4.58. The maximum absolute atomic E-state index is 12.3. The van der Waals surface area contributed by atoms with Crippen molar-refractivity contribution in [3.05, 3.63) is 23.8 Å². The molecule has 1 N–H and O–H groups in total. The van der Waals surface area contributed by atoms with Crippen molar-refractivity contribution >= 4 is 0 Å². The van der Waals surface area contributed by atoms with Gasteiger partial charge in [0.1, 0.15) is 0 Å². The van der Waals surface area contributed by atoms with Gasteiger partial charge in [-0.05, 0) is 42.9 Å². The first kappa shape index (κ1) is 14.1. The molecule has 0 heterocycles. The molecule has 0 radical (unpaired) electrons. The van der Waals surface area contributed by atoms with Crippen LogP contribution in [0.4, 0.5) is 8.78 Å². The highest BCUT2D eigenvalue weighted by atomic mass is 19.3. The number of aliphatic hydroxyl groups excluding tert-OH is 1. The van der Waals surface area contributed by atoms with E-state index in [1.807, 2.05) is 6.92 Å². The zero-order chi connectivity index (χ0) is 13.8. The molecule has 0 aromatic heterocycles. The molecule has 1 atom stereocenters. The van der Waals surface area contributed by atoms with E-state index in [9.17, 15) is 13.9 Å². The Morgan fingerprint density at radius 2 is 2.05 bits per heavy atom. The minimum Gasteiger partial charge on any atom is -0.489 e. The van der Waals surface area contributed by atoms with E-state index in [2.05, 4.69) is 4.74 Å². The number of hydrogen-bond acceptors (Lipinski definition) is 3. The molecule has 1 saturated carbocycles. The zero-order valence-electron chi connectivity index (χ0n) is 10.8. The van der Waals surface area contributed by atoms with Crippen molar-refractivity contribution in [3.63, 3.8) is 0 Å². The summed E-state index contributed by atoms with van der Waals surface area (Å²) in [7, 11) is 0. The van der Waals surface area contributed by atoms with Crippen LogP contribution in [-0.2, 0) is 0 Å². The van der Waals surface area contributed by atoms with Gasteiger partial charge in [-0.25, -0.2) is 0 Å². The molecule has 0 amide bonds. The number of benzene rings is 1. The minimum absolute atomic E-state index is 0.0164. The third-order valence-electron chi connectivity index (χ3n) is 3.13. The summed E-state index contributed by atoms with van der Waals surface area (Å²) < 4.78 is 34.6. The molecule has 1 aromatic rings. The third kappa shape index (κ3) is 4.06. The van der Waals surface area contributed by atoms with E-state index in [0.717, 1.165) is 12.8 Å². The Morgan fingerprint density at radius 1 is 1.32 bits per heavy atom. The van der Waals surface area contributed by atoms with Crippen LogP contribution in [0.5, 0.6) is 11.5 Å². The molecule has 2 rings (SSSR count). The van der Waals surface area contributed by atoms with Crippen molar-refractivity contribution in [2.45, 2.75) is 38.9 Å². The van der Waals surface area contributed by atoms with Crippen molar-refractivity contribution in [2.24, 2.45) is 5.92 Å². The summed E-state index contributed by atoms with van der Waals surface area (Å²) in [5.41, 5.74) is 0.648. The average Bonchev–Trinajstić information content (AvgIpc) is 3.20. The first-order chi connectivity index (χ1) is 9.10. The number of hydrogen-bond donors (Lipinski definition) is 1. The van der Waals surface area contributed by atoms with E-state index in [4.69, 9.17) is 4.74 Å². The molecule has 1 aromatic carbocycles. The SMILES string of the molecule is CCC(O)c1ccc(OC(F)F)c(OCC2CC2)c1.